The first kappa shape index (κ1) is 25.5. The summed E-state index contributed by atoms with van der Waals surface area (Å²) in [5.74, 6) is -0.267. The highest BCUT2D eigenvalue weighted by molar-refractivity contribution is 5.81. The van der Waals surface area contributed by atoms with Crippen LogP contribution in [-0.4, -0.2) is 42.1 Å². The van der Waals surface area contributed by atoms with E-state index in [1.807, 2.05) is 0 Å². The lowest BCUT2D eigenvalue weighted by Gasteiger charge is -2.17. The van der Waals surface area contributed by atoms with Crippen LogP contribution in [0.2, 0.25) is 0 Å². The number of likely N-dealkylation sites (N-methyl/N-ethyl adjacent to an activating group) is 1. The number of nitrogens with one attached hydrogen (secondary N) is 1. The third kappa shape index (κ3) is 17.6. The van der Waals surface area contributed by atoms with Crippen molar-refractivity contribution in [2.45, 2.75) is 96.8 Å². The zero-order chi connectivity index (χ0) is 20.2. The Morgan fingerprint density at radius 2 is 1.30 bits per heavy atom. The third-order valence-electron chi connectivity index (χ3n) is 4.82. The molecule has 0 atom stereocenters. The van der Waals surface area contributed by atoms with Crippen molar-refractivity contribution in [1.82, 2.24) is 10.2 Å². The van der Waals surface area contributed by atoms with Crippen molar-refractivity contribution in [2.24, 2.45) is 0 Å². The van der Waals surface area contributed by atoms with Crippen LogP contribution in [-0.2, 0) is 4.79 Å². The number of unbranched alkanes of at least 4 members (excludes halogenated alkanes) is 12. The molecule has 158 valence electrons. The number of carbonyl (C=O) groups excluding carboxylic acids is 1. The molecule has 0 saturated carbocycles. The Kier molecular flexibility index (Phi) is 18.2. The number of rotatable bonds is 18. The van der Waals surface area contributed by atoms with E-state index in [0.717, 1.165) is 25.7 Å². The molecule has 0 heterocycles. The lowest BCUT2D eigenvalue weighted by Crippen LogP contribution is -2.39. The standard InChI is InChI=1S/C22H42N2O3/c1-3-4-5-6-7-8-9-10-11-12-13-14-15-16-17-18-19-24(22(26)27)20-21(25)23-2/h13-14H,3-12,15-20H2,1-2H3,(H,23,25)(H,26,27). The maximum Gasteiger partial charge on any atom is 0.407 e. The molecule has 0 aromatic carbocycles. The van der Waals surface area contributed by atoms with Gasteiger partial charge >= 0.3 is 6.09 Å². The number of hydrogen-bond donors (Lipinski definition) is 2. The Balaban J connectivity index is 3.44. The van der Waals surface area contributed by atoms with Crippen LogP contribution in [0.4, 0.5) is 4.79 Å². The summed E-state index contributed by atoms with van der Waals surface area (Å²) in [5, 5.41) is 11.5. The molecule has 0 aliphatic rings. The normalized spacial score (nSPS) is 11.0. The van der Waals surface area contributed by atoms with Crippen molar-refractivity contribution in [3.63, 3.8) is 0 Å². The van der Waals surface area contributed by atoms with E-state index in [-0.39, 0.29) is 12.5 Å². The molecule has 27 heavy (non-hydrogen) atoms. The lowest BCUT2D eigenvalue weighted by atomic mass is 10.1. The molecule has 0 aromatic rings. The van der Waals surface area contributed by atoms with Crippen molar-refractivity contribution in [1.29, 1.82) is 0 Å². The van der Waals surface area contributed by atoms with Crippen LogP contribution in [0.5, 0.6) is 0 Å². The third-order valence-corrected chi connectivity index (χ3v) is 4.82. The van der Waals surface area contributed by atoms with E-state index in [1.54, 1.807) is 0 Å². The van der Waals surface area contributed by atoms with E-state index >= 15 is 0 Å². The second kappa shape index (κ2) is 19.2. The topological polar surface area (TPSA) is 69.6 Å². The van der Waals surface area contributed by atoms with Gasteiger partial charge in [0.1, 0.15) is 6.54 Å². The van der Waals surface area contributed by atoms with Crippen molar-refractivity contribution < 1.29 is 14.7 Å². The fourth-order valence-electron chi connectivity index (χ4n) is 3.04. The maximum absolute atomic E-state index is 11.3. The minimum absolute atomic E-state index is 0.0789. The summed E-state index contributed by atoms with van der Waals surface area (Å²) in [6.45, 7) is 2.60. The monoisotopic (exact) mass is 382 g/mol. The largest absolute Gasteiger partial charge is 0.465 e. The number of hydrogen-bond acceptors (Lipinski definition) is 2. The molecule has 0 radical (unpaired) electrons. The summed E-state index contributed by atoms with van der Waals surface area (Å²) in [4.78, 5) is 23.5. The summed E-state index contributed by atoms with van der Waals surface area (Å²) < 4.78 is 0. The first-order chi connectivity index (χ1) is 13.1. The zero-order valence-electron chi connectivity index (χ0n) is 17.7. The van der Waals surface area contributed by atoms with E-state index in [4.69, 9.17) is 5.11 Å². The average Bonchev–Trinajstić information content (AvgIpc) is 2.66. The van der Waals surface area contributed by atoms with Crippen LogP contribution in [0, 0.1) is 0 Å². The van der Waals surface area contributed by atoms with Gasteiger partial charge in [-0.3, -0.25) is 9.69 Å². The van der Waals surface area contributed by atoms with Crippen LogP contribution in [0.25, 0.3) is 0 Å². The zero-order valence-corrected chi connectivity index (χ0v) is 17.7. The molecule has 5 nitrogen and oxygen atoms in total. The van der Waals surface area contributed by atoms with Gasteiger partial charge in [0.05, 0.1) is 0 Å². The predicted octanol–water partition coefficient (Wildman–Crippen LogP) is 5.75. The average molecular weight is 383 g/mol. The Morgan fingerprint density at radius 1 is 0.815 bits per heavy atom. The molecule has 0 unspecified atom stereocenters. The molecule has 0 rings (SSSR count). The van der Waals surface area contributed by atoms with Crippen molar-refractivity contribution >= 4 is 12.0 Å². The van der Waals surface area contributed by atoms with Crippen LogP contribution in [0.1, 0.15) is 96.8 Å². The van der Waals surface area contributed by atoms with E-state index in [2.05, 4.69) is 24.4 Å². The fourth-order valence-corrected chi connectivity index (χ4v) is 3.04. The minimum Gasteiger partial charge on any atom is -0.465 e. The van der Waals surface area contributed by atoms with E-state index in [9.17, 15) is 9.59 Å². The van der Waals surface area contributed by atoms with Gasteiger partial charge in [-0.05, 0) is 32.1 Å². The van der Waals surface area contributed by atoms with E-state index in [1.165, 1.54) is 76.2 Å². The Hall–Kier alpha value is -1.52. The molecule has 0 aliphatic heterocycles. The van der Waals surface area contributed by atoms with Crippen LogP contribution < -0.4 is 5.32 Å². The van der Waals surface area contributed by atoms with Crippen LogP contribution in [0.15, 0.2) is 12.2 Å². The van der Waals surface area contributed by atoms with Crippen LogP contribution in [0.3, 0.4) is 0 Å². The van der Waals surface area contributed by atoms with Crippen LogP contribution >= 0.6 is 0 Å². The second-order valence-corrected chi connectivity index (χ2v) is 7.32. The second-order valence-electron chi connectivity index (χ2n) is 7.32. The smallest absolute Gasteiger partial charge is 0.407 e. The van der Waals surface area contributed by atoms with E-state index in [0.29, 0.717) is 6.54 Å². The highest BCUT2D eigenvalue weighted by Gasteiger charge is 2.14. The van der Waals surface area contributed by atoms with Gasteiger partial charge < -0.3 is 10.4 Å². The van der Waals surface area contributed by atoms with Gasteiger partial charge in [-0.15, -0.1) is 0 Å². The van der Waals surface area contributed by atoms with Gasteiger partial charge in [0, 0.05) is 13.6 Å². The van der Waals surface area contributed by atoms with Gasteiger partial charge in [-0.1, -0.05) is 76.9 Å². The molecule has 0 aliphatic carbocycles. The van der Waals surface area contributed by atoms with Gasteiger partial charge in [0.2, 0.25) is 5.91 Å². The fraction of sp³-hybridized carbons (Fsp3) is 0.818. The Bertz CT molecular complexity index is 397. The highest BCUT2D eigenvalue weighted by atomic mass is 16.4. The highest BCUT2D eigenvalue weighted by Crippen LogP contribution is 2.11. The summed E-state index contributed by atoms with van der Waals surface area (Å²) in [6, 6.07) is 0. The molecule has 0 saturated heterocycles. The molecule has 5 heteroatoms. The first-order valence-corrected chi connectivity index (χ1v) is 10.9. The number of carbonyl (C=O) groups is 2. The maximum atomic E-state index is 11.3. The van der Waals surface area contributed by atoms with E-state index < -0.39 is 6.09 Å². The summed E-state index contributed by atoms with van der Waals surface area (Å²) >= 11 is 0. The van der Waals surface area contributed by atoms with Gasteiger partial charge in [-0.25, -0.2) is 4.79 Å². The lowest BCUT2D eigenvalue weighted by molar-refractivity contribution is -0.121. The Labute approximate surface area is 166 Å². The number of allylic oxidation sites excluding steroid dienone is 2. The number of nitrogens with zero attached hydrogens (tertiary/aromatic N) is 1. The quantitative estimate of drug-likeness (QED) is 0.234. The predicted molar refractivity (Wildman–Crippen MR) is 113 cm³/mol. The molecule has 0 aromatic heterocycles. The Morgan fingerprint density at radius 3 is 1.78 bits per heavy atom. The molecule has 0 fully saturated rings. The molecule has 0 spiro atoms. The van der Waals surface area contributed by atoms with Crippen molar-refractivity contribution in [3.8, 4) is 0 Å². The first-order valence-electron chi connectivity index (χ1n) is 10.9. The van der Waals surface area contributed by atoms with Gasteiger partial charge in [-0.2, -0.15) is 0 Å². The number of amides is 2. The minimum atomic E-state index is -1.03. The van der Waals surface area contributed by atoms with Crippen molar-refractivity contribution in [3.05, 3.63) is 12.2 Å². The molecule has 2 amide bonds. The van der Waals surface area contributed by atoms with Gasteiger partial charge in [0.25, 0.3) is 0 Å². The molecular weight excluding hydrogens is 340 g/mol. The molecular formula is C22H42N2O3. The SMILES string of the molecule is CCCCCCCCCCCC=CCCCCCN(CC(=O)NC)C(=O)O. The van der Waals surface area contributed by atoms with Gasteiger partial charge in [0.15, 0.2) is 0 Å². The number of carboxylic acid groups (broad SMARTS) is 1. The summed E-state index contributed by atoms with van der Waals surface area (Å²) in [5.41, 5.74) is 0. The summed E-state index contributed by atoms with van der Waals surface area (Å²) in [6.07, 6.45) is 20.9. The molecule has 2 N–H and O–H groups in total. The molecule has 0 bridgehead atoms. The van der Waals surface area contributed by atoms with Crippen molar-refractivity contribution in [2.75, 3.05) is 20.1 Å². The summed E-state index contributed by atoms with van der Waals surface area (Å²) in [7, 11) is 1.52.